The predicted molar refractivity (Wildman–Crippen MR) is 95.0 cm³/mol. The number of hydrogen-bond donors (Lipinski definition) is 2. The molecule has 0 bridgehead atoms. The number of amides is 3. The maximum atomic E-state index is 11.6. The Hall–Kier alpha value is -3.42. The van der Waals surface area contributed by atoms with Gasteiger partial charge in [0.2, 0.25) is 0 Å². The van der Waals surface area contributed by atoms with E-state index >= 15 is 0 Å². The van der Waals surface area contributed by atoms with Gasteiger partial charge in [-0.2, -0.15) is 5.10 Å². The third kappa shape index (κ3) is 6.60. The monoisotopic (exact) mass is 356 g/mol. The summed E-state index contributed by atoms with van der Waals surface area (Å²) in [5.41, 5.74) is 1.84. The summed E-state index contributed by atoms with van der Waals surface area (Å²) in [6.07, 6.45) is 6.15. The summed E-state index contributed by atoms with van der Waals surface area (Å²) < 4.78 is 6.51. The van der Waals surface area contributed by atoms with Crippen LogP contribution in [-0.2, 0) is 20.9 Å². The fraction of sp³-hybridized carbons (Fsp3) is 0.222. The molecule has 0 saturated heterocycles. The second-order valence-electron chi connectivity index (χ2n) is 5.31. The highest BCUT2D eigenvalue weighted by Gasteiger charge is 2.08. The SMILES string of the molecule is CCNC(=O)NC(=O)COC(=O)/C=C/c1cnn(Cc2ccccc2)c1. The van der Waals surface area contributed by atoms with E-state index in [4.69, 9.17) is 4.74 Å². The molecule has 1 heterocycles. The van der Waals surface area contributed by atoms with Crippen molar-refractivity contribution in [1.29, 1.82) is 0 Å². The zero-order chi connectivity index (χ0) is 18.8. The molecule has 0 spiro atoms. The van der Waals surface area contributed by atoms with E-state index < -0.39 is 24.5 Å². The number of aromatic nitrogens is 2. The highest BCUT2D eigenvalue weighted by Crippen LogP contribution is 2.05. The number of urea groups is 1. The van der Waals surface area contributed by atoms with Crippen LogP contribution in [0.3, 0.4) is 0 Å². The summed E-state index contributed by atoms with van der Waals surface area (Å²) >= 11 is 0. The quantitative estimate of drug-likeness (QED) is 0.576. The molecule has 0 radical (unpaired) electrons. The summed E-state index contributed by atoms with van der Waals surface area (Å²) in [6, 6.07) is 9.23. The van der Waals surface area contributed by atoms with Crippen molar-refractivity contribution in [3.63, 3.8) is 0 Å². The number of hydrogen-bond acceptors (Lipinski definition) is 5. The molecule has 1 aromatic carbocycles. The lowest BCUT2D eigenvalue weighted by Gasteiger charge is -2.04. The Bertz CT molecular complexity index is 783. The molecule has 1 aromatic heterocycles. The Morgan fingerprint density at radius 3 is 2.73 bits per heavy atom. The van der Waals surface area contributed by atoms with Gasteiger partial charge in [-0.25, -0.2) is 9.59 Å². The maximum absolute atomic E-state index is 11.6. The first kappa shape index (κ1) is 18.9. The number of rotatable bonds is 7. The Kier molecular flexibility index (Phi) is 7.11. The predicted octanol–water partition coefficient (Wildman–Crippen LogP) is 1.33. The molecule has 0 aliphatic heterocycles. The van der Waals surface area contributed by atoms with E-state index in [0.29, 0.717) is 13.1 Å². The van der Waals surface area contributed by atoms with Crippen molar-refractivity contribution in [3.05, 3.63) is 59.9 Å². The minimum atomic E-state index is -0.701. The molecule has 0 aliphatic carbocycles. The molecule has 8 heteroatoms. The van der Waals surface area contributed by atoms with E-state index in [2.05, 4.69) is 10.4 Å². The van der Waals surface area contributed by atoms with E-state index in [1.54, 1.807) is 30.1 Å². The van der Waals surface area contributed by atoms with Crippen molar-refractivity contribution in [3.8, 4) is 0 Å². The summed E-state index contributed by atoms with van der Waals surface area (Å²) in [5, 5.41) is 8.65. The molecule has 2 rings (SSSR count). The molecule has 3 amide bonds. The first-order valence-corrected chi connectivity index (χ1v) is 8.05. The lowest BCUT2D eigenvalue weighted by Crippen LogP contribution is -2.41. The highest BCUT2D eigenvalue weighted by atomic mass is 16.5. The normalized spacial score (nSPS) is 10.5. The molecule has 0 aliphatic rings. The number of imide groups is 1. The van der Waals surface area contributed by atoms with Crippen LogP contribution in [0, 0.1) is 0 Å². The molecule has 2 aromatic rings. The van der Waals surface area contributed by atoms with Crippen molar-refractivity contribution in [1.82, 2.24) is 20.4 Å². The molecule has 136 valence electrons. The highest BCUT2D eigenvalue weighted by molar-refractivity contribution is 5.96. The third-order valence-electron chi connectivity index (χ3n) is 3.19. The van der Waals surface area contributed by atoms with Crippen LogP contribution in [0.2, 0.25) is 0 Å². The number of ether oxygens (including phenoxy) is 1. The second-order valence-corrected chi connectivity index (χ2v) is 5.31. The van der Waals surface area contributed by atoms with Crippen LogP contribution in [0.25, 0.3) is 6.08 Å². The Balaban J connectivity index is 1.77. The van der Waals surface area contributed by atoms with Gasteiger partial charge in [-0.05, 0) is 18.6 Å². The van der Waals surface area contributed by atoms with Crippen LogP contribution in [0.15, 0.2) is 48.8 Å². The molecular formula is C18H20N4O4. The fourth-order valence-electron chi connectivity index (χ4n) is 2.04. The van der Waals surface area contributed by atoms with Crippen molar-refractivity contribution in [2.75, 3.05) is 13.2 Å². The fourth-order valence-corrected chi connectivity index (χ4v) is 2.04. The van der Waals surface area contributed by atoms with Gasteiger partial charge < -0.3 is 10.1 Å². The van der Waals surface area contributed by atoms with Crippen LogP contribution >= 0.6 is 0 Å². The standard InChI is InChI=1S/C18H20N4O4/c1-2-19-18(25)21-16(23)13-26-17(24)9-8-15-10-20-22(12-15)11-14-6-4-3-5-7-14/h3-10,12H,2,11,13H2,1H3,(H2,19,21,23,25)/b9-8+. The average molecular weight is 356 g/mol. The Morgan fingerprint density at radius 1 is 1.23 bits per heavy atom. The van der Waals surface area contributed by atoms with Crippen LogP contribution in [0.4, 0.5) is 4.79 Å². The summed E-state index contributed by atoms with van der Waals surface area (Å²) in [5.74, 6) is -1.39. The number of nitrogens with one attached hydrogen (secondary N) is 2. The number of benzene rings is 1. The number of esters is 1. The average Bonchev–Trinajstić information content (AvgIpc) is 3.06. The molecule has 8 nitrogen and oxygen atoms in total. The van der Waals surface area contributed by atoms with Gasteiger partial charge in [0.25, 0.3) is 5.91 Å². The topological polar surface area (TPSA) is 102 Å². The lowest BCUT2D eigenvalue weighted by atomic mass is 10.2. The number of carbonyl (C=O) groups excluding carboxylic acids is 3. The molecule has 2 N–H and O–H groups in total. The Labute approximate surface area is 150 Å². The smallest absolute Gasteiger partial charge is 0.331 e. The Morgan fingerprint density at radius 2 is 2.00 bits per heavy atom. The van der Waals surface area contributed by atoms with Crippen LogP contribution in [0.5, 0.6) is 0 Å². The van der Waals surface area contributed by atoms with E-state index in [1.165, 1.54) is 6.08 Å². The molecular weight excluding hydrogens is 336 g/mol. The zero-order valence-corrected chi connectivity index (χ0v) is 14.3. The van der Waals surface area contributed by atoms with E-state index in [9.17, 15) is 14.4 Å². The molecule has 0 saturated carbocycles. The van der Waals surface area contributed by atoms with Crippen molar-refractivity contribution >= 4 is 24.0 Å². The molecule has 0 unspecified atom stereocenters. The van der Waals surface area contributed by atoms with E-state index in [0.717, 1.165) is 11.1 Å². The summed E-state index contributed by atoms with van der Waals surface area (Å²) in [7, 11) is 0. The van der Waals surface area contributed by atoms with E-state index in [-0.39, 0.29) is 0 Å². The van der Waals surface area contributed by atoms with Crippen LogP contribution in [0.1, 0.15) is 18.1 Å². The van der Waals surface area contributed by atoms with Crippen LogP contribution in [-0.4, -0.2) is 40.8 Å². The van der Waals surface area contributed by atoms with Gasteiger partial charge in [0.05, 0.1) is 12.7 Å². The number of nitrogens with zero attached hydrogens (tertiary/aromatic N) is 2. The maximum Gasteiger partial charge on any atom is 0.331 e. The molecule has 26 heavy (non-hydrogen) atoms. The molecule has 0 atom stereocenters. The van der Waals surface area contributed by atoms with Crippen molar-refractivity contribution in [2.24, 2.45) is 0 Å². The minimum Gasteiger partial charge on any atom is -0.452 e. The van der Waals surface area contributed by atoms with Crippen molar-refractivity contribution < 1.29 is 19.1 Å². The first-order chi connectivity index (χ1) is 12.6. The van der Waals surface area contributed by atoms with Gasteiger partial charge in [0.15, 0.2) is 6.61 Å². The van der Waals surface area contributed by atoms with Crippen molar-refractivity contribution in [2.45, 2.75) is 13.5 Å². The zero-order valence-electron chi connectivity index (χ0n) is 14.3. The lowest BCUT2D eigenvalue weighted by molar-refractivity contribution is -0.143. The first-order valence-electron chi connectivity index (χ1n) is 8.05. The minimum absolute atomic E-state index is 0.388. The van der Waals surface area contributed by atoms with Gasteiger partial charge >= 0.3 is 12.0 Å². The van der Waals surface area contributed by atoms with Gasteiger partial charge in [0.1, 0.15) is 0 Å². The van der Waals surface area contributed by atoms with Gasteiger partial charge in [-0.15, -0.1) is 0 Å². The summed E-state index contributed by atoms with van der Waals surface area (Å²) in [6.45, 7) is 2.20. The van der Waals surface area contributed by atoms with E-state index in [1.807, 2.05) is 35.6 Å². The largest absolute Gasteiger partial charge is 0.452 e. The third-order valence-corrected chi connectivity index (χ3v) is 3.19. The van der Waals surface area contributed by atoms with Gasteiger partial charge in [-0.1, -0.05) is 30.3 Å². The summed E-state index contributed by atoms with van der Waals surface area (Å²) in [4.78, 5) is 34.1. The van der Waals surface area contributed by atoms with Crippen LogP contribution < -0.4 is 10.6 Å². The van der Waals surface area contributed by atoms with Gasteiger partial charge in [0, 0.05) is 24.4 Å². The molecule has 0 fully saturated rings. The second kappa shape index (κ2) is 9.77. The number of carbonyl (C=O) groups is 3. The van der Waals surface area contributed by atoms with Gasteiger partial charge in [-0.3, -0.25) is 14.8 Å².